The van der Waals surface area contributed by atoms with Gasteiger partial charge in [-0.1, -0.05) is 129 Å². The van der Waals surface area contributed by atoms with E-state index in [0.717, 1.165) is 72.1 Å². The van der Waals surface area contributed by atoms with E-state index in [4.69, 9.17) is 8.83 Å². The zero-order valence-corrected chi connectivity index (χ0v) is 28.9. The monoisotopic (exact) mass is 667 g/mol. The van der Waals surface area contributed by atoms with Crippen LogP contribution in [0.25, 0.3) is 76.9 Å². The summed E-state index contributed by atoms with van der Waals surface area (Å²) in [7, 11) is 0. The smallest absolute Gasteiger partial charge is 0.145 e. The molecular formula is C49H33NO2. The van der Waals surface area contributed by atoms with Gasteiger partial charge in [0.1, 0.15) is 22.3 Å². The Kier molecular flexibility index (Phi) is 6.01. The van der Waals surface area contributed by atoms with Crippen LogP contribution < -0.4 is 4.90 Å². The summed E-state index contributed by atoms with van der Waals surface area (Å²) in [5.74, 6) is 0. The molecule has 0 radical (unpaired) electrons. The van der Waals surface area contributed by atoms with Crippen LogP contribution in [-0.4, -0.2) is 0 Å². The Labute approximate surface area is 301 Å². The molecule has 0 atom stereocenters. The van der Waals surface area contributed by atoms with Gasteiger partial charge in [0.05, 0.1) is 27.8 Å². The van der Waals surface area contributed by atoms with Crippen LogP contribution in [0.15, 0.2) is 173 Å². The van der Waals surface area contributed by atoms with E-state index in [1.54, 1.807) is 0 Å². The van der Waals surface area contributed by atoms with E-state index in [0.29, 0.717) is 0 Å². The maximum atomic E-state index is 6.89. The number of fused-ring (bicyclic) bond motifs is 10. The van der Waals surface area contributed by atoms with Crippen LogP contribution in [0.4, 0.5) is 17.1 Å². The number of furan rings is 2. The maximum Gasteiger partial charge on any atom is 0.145 e. The van der Waals surface area contributed by atoms with E-state index in [-0.39, 0.29) is 5.41 Å². The minimum Gasteiger partial charge on any atom is -0.456 e. The molecule has 0 saturated heterocycles. The number of rotatable bonds is 4. The van der Waals surface area contributed by atoms with Crippen molar-refractivity contribution in [3.8, 4) is 22.3 Å². The second kappa shape index (κ2) is 10.7. The van der Waals surface area contributed by atoms with Crippen molar-refractivity contribution in [2.75, 3.05) is 4.90 Å². The molecular weight excluding hydrogens is 635 g/mol. The predicted octanol–water partition coefficient (Wildman–Crippen LogP) is 14.1. The summed E-state index contributed by atoms with van der Waals surface area (Å²) in [6.07, 6.45) is 0. The molecule has 0 amide bonds. The Morgan fingerprint density at radius 3 is 1.94 bits per heavy atom. The van der Waals surface area contributed by atoms with Crippen molar-refractivity contribution in [1.29, 1.82) is 0 Å². The van der Waals surface area contributed by atoms with E-state index in [2.05, 4.69) is 176 Å². The van der Waals surface area contributed by atoms with Gasteiger partial charge in [0.15, 0.2) is 0 Å². The number of benzene rings is 8. The summed E-state index contributed by atoms with van der Waals surface area (Å²) in [4.78, 5) is 2.47. The fraction of sp³-hybridized carbons (Fsp3) is 0.0612. The van der Waals surface area contributed by atoms with Gasteiger partial charge in [0, 0.05) is 27.3 Å². The average Bonchev–Trinajstić information content (AvgIpc) is 3.84. The van der Waals surface area contributed by atoms with Crippen molar-refractivity contribution in [3.63, 3.8) is 0 Å². The second-order valence-electron chi connectivity index (χ2n) is 14.5. The van der Waals surface area contributed by atoms with Gasteiger partial charge >= 0.3 is 0 Å². The van der Waals surface area contributed by atoms with E-state index < -0.39 is 0 Å². The minimum absolute atomic E-state index is 0.153. The largest absolute Gasteiger partial charge is 0.456 e. The molecule has 3 nitrogen and oxygen atoms in total. The Hall–Kier alpha value is -6.58. The molecule has 52 heavy (non-hydrogen) atoms. The van der Waals surface area contributed by atoms with Gasteiger partial charge in [0.2, 0.25) is 0 Å². The summed E-state index contributed by atoms with van der Waals surface area (Å²) in [5.41, 5.74) is 13.9. The van der Waals surface area contributed by atoms with Crippen molar-refractivity contribution in [3.05, 3.63) is 175 Å². The number of hydrogen-bond donors (Lipinski definition) is 0. The first kappa shape index (κ1) is 29.2. The summed E-state index contributed by atoms with van der Waals surface area (Å²) in [5, 5.41) is 6.76. The minimum atomic E-state index is -0.153. The first-order valence-corrected chi connectivity index (χ1v) is 17.9. The van der Waals surface area contributed by atoms with E-state index >= 15 is 0 Å². The van der Waals surface area contributed by atoms with E-state index in [9.17, 15) is 0 Å². The zero-order chi connectivity index (χ0) is 34.6. The molecule has 10 aromatic rings. The second-order valence-corrected chi connectivity index (χ2v) is 14.5. The van der Waals surface area contributed by atoms with Gasteiger partial charge in [-0.15, -0.1) is 0 Å². The average molecular weight is 668 g/mol. The number of hydrogen-bond acceptors (Lipinski definition) is 3. The highest BCUT2D eigenvalue weighted by Crippen LogP contribution is 2.56. The molecule has 2 heterocycles. The molecule has 8 aromatic carbocycles. The molecule has 0 fully saturated rings. The van der Waals surface area contributed by atoms with Crippen molar-refractivity contribution in [1.82, 2.24) is 0 Å². The predicted molar refractivity (Wildman–Crippen MR) is 216 cm³/mol. The highest BCUT2D eigenvalue weighted by atomic mass is 16.3. The molecule has 0 bridgehead atoms. The standard InChI is InChI=1S/C49H33NO2/c1-49(2)37-18-8-5-15-34(37)45-38(49)19-11-20-39(45)50(40-21-12-24-44-46(40)35-16-6-9-22-42(35)51-44)41-28-27-33(32-26-25-30-13-3-4-14-31(30)29-32)48-47(41)36-17-7-10-23-43(36)52-48/h3-29H,1-2H3. The summed E-state index contributed by atoms with van der Waals surface area (Å²) in [6, 6.07) is 58.7. The van der Waals surface area contributed by atoms with Crippen LogP contribution >= 0.6 is 0 Å². The third-order valence-electron chi connectivity index (χ3n) is 11.3. The molecule has 11 rings (SSSR count). The number of para-hydroxylation sites is 2. The van der Waals surface area contributed by atoms with Crippen LogP contribution in [0, 0.1) is 0 Å². The molecule has 0 unspecified atom stereocenters. The lowest BCUT2D eigenvalue weighted by Gasteiger charge is -2.30. The SMILES string of the molecule is CC1(C)c2ccccc2-c2c(N(c3cccc4oc5ccccc5c34)c3ccc(-c4ccc5ccccc5c4)c4oc5ccccc5c34)cccc21. The van der Waals surface area contributed by atoms with Crippen molar-refractivity contribution >= 4 is 71.7 Å². The first-order chi connectivity index (χ1) is 25.6. The third kappa shape index (κ3) is 4.02. The molecule has 2 aromatic heterocycles. The Morgan fingerprint density at radius 2 is 1.08 bits per heavy atom. The fourth-order valence-electron chi connectivity index (χ4n) is 8.83. The Morgan fingerprint density at radius 1 is 0.442 bits per heavy atom. The van der Waals surface area contributed by atoms with Crippen LogP contribution in [0.2, 0.25) is 0 Å². The number of nitrogens with zero attached hydrogens (tertiary/aromatic N) is 1. The van der Waals surface area contributed by atoms with Gasteiger partial charge < -0.3 is 13.7 Å². The quantitative estimate of drug-likeness (QED) is 0.187. The van der Waals surface area contributed by atoms with Gasteiger partial charge in [-0.25, -0.2) is 0 Å². The molecule has 1 aliphatic carbocycles. The Balaban J connectivity index is 1.28. The first-order valence-electron chi connectivity index (χ1n) is 17.9. The fourth-order valence-corrected chi connectivity index (χ4v) is 8.83. The van der Waals surface area contributed by atoms with E-state index in [1.165, 1.54) is 33.0 Å². The van der Waals surface area contributed by atoms with Crippen LogP contribution in [-0.2, 0) is 5.41 Å². The zero-order valence-electron chi connectivity index (χ0n) is 28.9. The van der Waals surface area contributed by atoms with Crippen LogP contribution in [0.3, 0.4) is 0 Å². The lowest BCUT2D eigenvalue weighted by Crippen LogP contribution is -2.16. The summed E-state index contributed by atoms with van der Waals surface area (Å²) in [6.45, 7) is 4.69. The van der Waals surface area contributed by atoms with Gasteiger partial charge in [-0.3, -0.25) is 0 Å². The molecule has 0 N–H and O–H groups in total. The van der Waals surface area contributed by atoms with Gasteiger partial charge in [-0.2, -0.15) is 0 Å². The Bertz CT molecular complexity index is 3070. The maximum absolute atomic E-state index is 6.89. The van der Waals surface area contributed by atoms with Crippen molar-refractivity contribution in [2.45, 2.75) is 19.3 Å². The molecule has 246 valence electrons. The van der Waals surface area contributed by atoms with Gasteiger partial charge in [-0.05, 0) is 81.6 Å². The summed E-state index contributed by atoms with van der Waals surface area (Å²) >= 11 is 0. The highest BCUT2D eigenvalue weighted by Gasteiger charge is 2.38. The van der Waals surface area contributed by atoms with Crippen LogP contribution in [0.5, 0.6) is 0 Å². The van der Waals surface area contributed by atoms with Crippen molar-refractivity contribution < 1.29 is 8.83 Å². The van der Waals surface area contributed by atoms with Crippen molar-refractivity contribution in [2.24, 2.45) is 0 Å². The normalized spacial score (nSPS) is 13.3. The lowest BCUT2D eigenvalue weighted by molar-refractivity contribution is 0.660. The summed E-state index contributed by atoms with van der Waals surface area (Å²) < 4.78 is 13.4. The molecule has 3 heteroatoms. The molecule has 0 saturated carbocycles. The van der Waals surface area contributed by atoms with E-state index in [1.807, 2.05) is 6.07 Å². The highest BCUT2D eigenvalue weighted by molar-refractivity contribution is 6.20. The third-order valence-corrected chi connectivity index (χ3v) is 11.3. The van der Waals surface area contributed by atoms with Gasteiger partial charge in [0.25, 0.3) is 0 Å². The lowest BCUT2D eigenvalue weighted by atomic mass is 9.82. The molecule has 1 aliphatic rings. The molecule has 0 spiro atoms. The topological polar surface area (TPSA) is 29.5 Å². The van der Waals surface area contributed by atoms with Crippen LogP contribution in [0.1, 0.15) is 25.0 Å². The molecule has 0 aliphatic heterocycles. The number of anilines is 3.